The first-order chi connectivity index (χ1) is 14.3. The Morgan fingerprint density at radius 3 is 2.64 bits per heavy atom. The fraction of sp³-hybridized carbons (Fsp3) is 0.609. The standard InChI is InChI=1S/C23H34O5/c1-6-7-8-9-15-13-18(24)20(21(25)19(15)22(26)28-5)16-12-14(2)10-11-17(16)23(3,4)27/h12-13,16-17,24-25,27H,6-11H2,1-5H3/t16-,17?/m0/s1/i2D3. The molecule has 0 spiro atoms. The average Bonchev–Trinajstić information content (AvgIpc) is 2.66. The molecule has 1 aliphatic carbocycles. The summed E-state index contributed by atoms with van der Waals surface area (Å²) < 4.78 is 28.2. The van der Waals surface area contributed by atoms with E-state index in [9.17, 15) is 20.1 Å². The van der Waals surface area contributed by atoms with Gasteiger partial charge in [-0.15, -0.1) is 0 Å². The number of carbonyl (C=O) groups is 1. The largest absolute Gasteiger partial charge is 0.507 e. The van der Waals surface area contributed by atoms with Crippen molar-refractivity contribution in [2.45, 2.75) is 77.7 Å². The number of methoxy groups -OCH3 is 1. The summed E-state index contributed by atoms with van der Waals surface area (Å²) in [6.45, 7) is 2.97. The van der Waals surface area contributed by atoms with E-state index in [2.05, 4.69) is 0 Å². The summed E-state index contributed by atoms with van der Waals surface area (Å²) in [5.41, 5.74) is -0.479. The quantitative estimate of drug-likeness (QED) is 0.351. The van der Waals surface area contributed by atoms with Gasteiger partial charge in [-0.3, -0.25) is 0 Å². The van der Waals surface area contributed by atoms with Crippen LogP contribution in [0.5, 0.6) is 11.5 Å². The third-order valence-corrected chi connectivity index (χ3v) is 5.62. The van der Waals surface area contributed by atoms with Gasteiger partial charge in [0.15, 0.2) is 0 Å². The van der Waals surface area contributed by atoms with Crippen LogP contribution in [0.4, 0.5) is 0 Å². The summed E-state index contributed by atoms with van der Waals surface area (Å²) >= 11 is 0. The van der Waals surface area contributed by atoms with Gasteiger partial charge < -0.3 is 20.1 Å². The maximum absolute atomic E-state index is 12.5. The van der Waals surface area contributed by atoms with Gasteiger partial charge in [0.25, 0.3) is 0 Å². The molecule has 2 atom stereocenters. The molecule has 5 heteroatoms. The van der Waals surface area contributed by atoms with Crippen molar-refractivity contribution in [3.63, 3.8) is 0 Å². The van der Waals surface area contributed by atoms with Crippen molar-refractivity contribution in [2.75, 3.05) is 7.11 Å². The van der Waals surface area contributed by atoms with E-state index in [-0.39, 0.29) is 28.9 Å². The molecule has 28 heavy (non-hydrogen) atoms. The molecule has 1 aliphatic rings. The Hall–Kier alpha value is -2.01. The predicted octanol–water partition coefficient (Wildman–Crippen LogP) is 4.83. The maximum atomic E-state index is 12.5. The smallest absolute Gasteiger partial charge is 0.341 e. The molecule has 0 bridgehead atoms. The highest BCUT2D eigenvalue weighted by molar-refractivity contribution is 5.95. The van der Waals surface area contributed by atoms with Crippen molar-refractivity contribution in [1.29, 1.82) is 0 Å². The number of aliphatic hydroxyl groups is 1. The molecule has 1 unspecified atom stereocenters. The van der Waals surface area contributed by atoms with Gasteiger partial charge in [-0.25, -0.2) is 4.79 Å². The molecule has 3 N–H and O–H groups in total. The zero-order chi connectivity index (χ0) is 23.6. The fourth-order valence-electron chi connectivity index (χ4n) is 4.13. The lowest BCUT2D eigenvalue weighted by atomic mass is 9.69. The highest BCUT2D eigenvalue weighted by Gasteiger charge is 2.39. The summed E-state index contributed by atoms with van der Waals surface area (Å²) in [6, 6.07) is 1.45. The summed E-state index contributed by atoms with van der Waals surface area (Å²) in [5, 5.41) is 32.7. The molecular weight excluding hydrogens is 356 g/mol. The number of aryl methyl sites for hydroxylation is 1. The SMILES string of the molecule is [2H]C([2H])([2H])C1=C[C@H](c2c(O)cc(CCCCC)c(C(=O)OC)c2O)C(C(C)(C)O)CC1. The molecule has 156 valence electrons. The Morgan fingerprint density at radius 1 is 1.36 bits per heavy atom. The second-order valence-electron chi connectivity index (χ2n) is 8.16. The van der Waals surface area contributed by atoms with Gasteiger partial charge in [0.05, 0.1) is 12.7 Å². The third kappa shape index (κ3) is 4.69. The molecule has 5 nitrogen and oxygen atoms in total. The molecule has 0 amide bonds. The minimum atomic E-state index is -2.32. The first-order valence-corrected chi connectivity index (χ1v) is 9.92. The van der Waals surface area contributed by atoms with Crippen LogP contribution in [0.2, 0.25) is 0 Å². The van der Waals surface area contributed by atoms with Gasteiger partial charge in [-0.05, 0) is 63.9 Å². The van der Waals surface area contributed by atoms with Gasteiger partial charge >= 0.3 is 5.97 Å². The van der Waals surface area contributed by atoms with Crippen molar-refractivity contribution in [3.8, 4) is 11.5 Å². The molecular formula is C23H34O5. The normalized spacial score (nSPS) is 22.0. The Morgan fingerprint density at radius 2 is 2.07 bits per heavy atom. The molecule has 0 heterocycles. The van der Waals surface area contributed by atoms with E-state index >= 15 is 0 Å². The van der Waals surface area contributed by atoms with Crippen LogP contribution in [0, 0.1) is 5.92 Å². The molecule has 0 aliphatic heterocycles. The molecule has 1 aromatic carbocycles. The number of phenols is 2. The average molecular weight is 394 g/mol. The highest BCUT2D eigenvalue weighted by Crippen LogP contribution is 2.49. The number of phenolic OH excluding ortho intramolecular Hbond substituents is 2. The topological polar surface area (TPSA) is 87.0 Å². The van der Waals surface area contributed by atoms with Gasteiger partial charge in [0.1, 0.15) is 17.1 Å². The van der Waals surface area contributed by atoms with E-state index in [1.807, 2.05) is 6.92 Å². The van der Waals surface area contributed by atoms with Gasteiger partial charge in [-0.1, -0.05) is 31.4 Å². The van der Waals surface area contributed by atoms with E-state index < -0.39 is 36.0 Å². The maximum Gasteiger partial charge on any atom is 0.341 e. The highest BCUT2D eigenvalue weighted by atomic mass is 16.5. The molecule has 0 fully saturated rings. The van der Waals surface area contributed by atoms with E-state index in [1.165, 1.54) is 19.3 Å². The van der Waals surface area contributed by atoms with Crippen LogP contribution in [-0.4, -0.2) is 34.0 Å². The number of allylic oxidation sites excluding steroid dienone is 2. The second-order valence-corrected chi connectivity index (χ2v) is 8.16. The number of hydrogen-bond acceptors (Lipinski definition) is 5. The minimum Gasteiger partial charge on any atom is -0.507 e. The number of unbranched alkanes of at least 4 members (excludes halogenated alkanes) is 2. The Kier molecular flexibility index (Phi) is 5.80. The molecule has 1 aromatic rings. The summed E-state index contributed by atoms with van der Waals surface area (Å²) in [4.78, 5) is 12.5. The van der Waals surface area contributed by atoms with Crippen LogP contribution >= 0.6 is 0 Å². The summed E-state index contributed by atoms with van der Waals surface area (Å²) in [5.74, 6) is -2.61. The van der Waals surface area contributed by atoms with Crippen LogP contribution in [0.15, 0.2) is 17.7 Å². The van der Waals surface area contributed by atoms with Crippen molar-refractivity contribution in [2.24, 2.45) is 5.92 Å². The number of ether oxygens (including phenoxy) is 1. The van der Waals surface area contributed by atoms with Crippen molar-refractivity contribution >= 4 is 5.97 Å². The number of hydrogen-bond donors (Lipinski definition) is 3. The Labute approximate surface area is 172 Å². The van der Waals surface area contributed by atoms with Crippen LogP contribution in [0.25, 0.3) is 0 Å². The number of esters is 1. The lowest BCUT2D eigenvalue weighted by Gasteiger charge is -2.38. The van der Waals surface area contributed by atoms with E-state index in [0.717, 1.165) is 19.3 Å². The number of benzene rings is 1. The van der Waals surface area contributed by atoms with Crippen LogP contribution < -0.4 is 0 Å². The van der Waals surface area contributed by atoms with Gasteiger partial charge in [0.2, 0.25) is 0 Å². The first kappa shape index (κ1) is 18.0. The van der Waals surface area contributed by atoms with Gasteiger partial charge in [-0.2, -0.15) is 0 Å². The monoisotopic (exact) mass is 393 g/mol. The lowest BCUT2D eigenvalue weighted by Crippen LogP contribution is -2.36. The second kappa shape index (κ2) is 8.99. The van der Waals surface area contributed by atoms with Crippen LogP contribution in [0.3, 0.4) is 0 Å². The van der Waals surface area contributed by atoms with Crippen LogP contribution in [0.1, 0.15) is 91.2 Å². The van der Waals surface area contributed by atoms with E-state index in [4.69, 9.17) is 8.85 Å². The molecule has 0 aromatic heterocycles. The molecule has 0 saturated carbocycles. The summed E-state index contributed by atoms with van der Waals surface area (Å²) in [6.07, 6.45) is 5.31. The van der Waals surface area contributed by atoms with E-state index in [1.54, 1.807) is 13.8 Å². The number of rotatable bonds is 7. The number of aromatic hydroxyl groups is 2. The van der Waals surface area contributed by atoms with Crippen molar-refractivity contribution < 1.29 is 29.0 Å². The minimum absolute atomic E-state index is 0.0182. The molecule has 0 radical (unpaired) electrons. The Bertz CT molecular complexity index is 837. The van der Waals surface area contributed by atoms with Crippen molar-refractivity contribution in [1.82, 2.24) is 0 Å². The molecule has 0 saturated heterocycles. The lowest BCUT2D eigenvalue weighted by molar-refractivity contribution is 0.00420. The first-order valence-electron chi connectivity index (χ1n) is 11.4. The van der Waals surface area contributed by atoms with E-state index in [0.29, 0.717) is 18.4 Å². The zero-order valence-corrected chi connectivity index (χ0v) is 17.2. The zero-order valence-electron chi connectivity index (χ0n) is 20.2. The van der Waals surface area contributed by atoms with Crippen LogP contribution in [-0.2, 0) is 11.2 Å². The predicted molar refractivity (Wildman–Crippen MR) is 110 cm³/mol. The summed E-state index contributed by atoms with van der Waals surface area (Å²) in [7, 11) is 1.22. The van der Waals surface area contributed by atoms with Crippen molar-refractivity contribution in [3.05, 3.63) is 34.4 Å². The molecule has 2 rings (SSSR count). The number of carbonyl (C=O) groups excluding carboxylic acids is 1. The van der Waals surface area contributed by atoms with Gasteiger partial charge in [0, 0.05) is 15.6 Å². The fourth-order valence-corrected chi connectivity index (χ4v) is 4.13. The third-order valence-electron chi connectivity index (χ3n) is 5.62. The Balaban J connectivity index is 2.71.